The van der Waals surface area contributed by atoms with Gasteiger partial charge < -0.3 is 44.6 Å². The first-order valence-corrected chi connectivity index (χ1v) is 13.2. The van der Waals surface area contributed by atoms with E-state index in [-0.39, 0.29) is 43.5 Å². The Bertz CT molecular complexity index is 1550. The second kappa shape index (κ2) is 13.5. The Labute approximate surface area is 249 Å². The van der Waals surface area contributed by atoms with Crippen LogP contribution in [-0.4, -0.2) is 122 Å². The molecule has 1 aromatic carbocycles. The molecule has 2 amide bonds. The number of aliphatic hydroxyl groups excluding tert-OH is 2. The summed E-state index contributed by atoms with van der Waals surface area (Å²) in [5.74, 6) is -1.24. The van der Waals surface area contributed by atoms with Gasteiger partial charge in [-0.25, -0.2) is 24.4 Å². The van der Waals surface area contributed by atoms with Gasteiger partial charge >= 0.3 is 23.8 Å². The highest BCUT2D eigenvalue weighted by Gasteiger charge is 2.42. The van der Waals surface area contributed by atoms with E-state index >= 15 is 0 Å². The number of carbonyl (C=O) groups is 3. The summed E-state index contributed by atoms with van der Waals surface area (Å²) in [6, 6.07) is 5.07. The standard InChI is InChI=1S/C26H31N7O11/c1-27-22-15-6-7-32(23(15)29-13-28-22)25(38)30(2)8-9-31(3)26(39)42-12-14-4-5-18(16(10-14)33(40)41)43-19-11-17(34)20(35)21(44-19)24(36)37/h4-7,10,13,17,19-21,34-35H,8-9,11-12H2,1-3H3,(H,36,37)(H,27,28,29)/t17-,19-,20+,21+/m1/s1. The summed E-state index contributed by atoms with van der Waals surface area (Å²) in [6.45, 7) is -0.0552. The molecular formula is C26H31N7O11. The Kier molecular flexibility index (Phi) is 9.77. The normalized spacial score (nSPS) is 19.7. The zero-order valence-electron chi connectivity index (χ0n) is 23.9. The van der Waals surface area contributed by atoms with Crippen molar-refractivity contribution in [1.82, 2.24) is 24.3 Å². The summed E-state index contributed by atoms with van der Waals surface area (Å²) in [5, 5.41) is 44.2. The van der Waals surface area contributed by atoms with Crippen LogP contribution in [0.15, 0.2) is 36.8 Å². The van der Waals surface area contributed by atoms with Crippen LogP contribution in [0.1, 0.15) is 12.0 Å². The third-order valence-corrected chi connectivity index (χ3v) is 6.85. The molecule has 44 heavy (non-hydrogen) atoms. The molecule has 236 valence electrons. The van der Waals surface area contributed by atoms with E-state index in [1.807, 2.05) is 0 Å². The molecule has 1 aliphatic rings. The number of nitrogens with zero attached hydrogens (tertiary/aromatic N) is 6. The van der Waals surface area contributed by atoms with Crippen molar-refractivity contribution in [1.29, 1.82) is 0 Å². The second-order valence-corrected chi connectivity index (χ2v) is 9.87. The molecule has 4 N–H and O–H groups in total. The highest BCUT2D eigenvalue weighted by atomic mass is 16.7. The molecule has 0 spiro atoms. The van der Waals surface area contributed by atoms with Gasteiger partial charge in [0.25, 0.3) is 0 Å². The minimum atomic E-state index is -1.79. The minimum absolute atomic E-state index is 0.114. The van der Waals surface area contributed by atoms with Crippen molar-refractivity contribution in [2.24, 2.45) is 0 Å². The first-order chi connectivity index (χ1) is 20.9. The summed E-state index contributed by atoms with van der Waals surface area (Å²) in [6.07, 6.45) is -4.50. The Hall–Kier alpha value is -5.07. The molecule has 3 heterocycles. The monoisotopic (exact) mass is 617 g/mol. The molecule has 0 bridgehead atoms. The molecule has 3 aromatic rings. The van der Waals surface area contributed by atoms with E-state index in [4.69, 9.17) is 14.2 Å². The number of rotatable bonds is 10. The van der Waals surface area contributed by atoms with Gasteiger partial charge in [0.2, 0.25) is 6.29 Å². The number of likely N-dealkylation sites (N-methyl/N-ethyl adjacent to an activating group) is 2. The predicted molar refractivity (Wildman–Crippen MR) is 150 cm³/mol. The van der Waals surface area contributed by atoms with Crippen LogP contribution in [0.3, 0.4) is 0 Å². The molecule has 1 fully saturated rings. The van der Waals surface area contributed by atoms with Crippen molar-refractivity contribution in [3.05, 3.63) is 52.5 Å². The zero-order chi connectivity index (χ0) is 32.1. The van der Waals surface area contributed by atoms with Crippen molar-refractivity contribution in [2.75, 3.05) is 39.5 Å². The maximum Gasteiger partial charge on any atom is 0.409 e. The van der Waals surface area contributed by atoms with Crippen molar-refractivity contribution >= 4 is 40.6 Å². The molecular weight excluding hydrogens is 586 g/mol. The first-order valence-electron chi connectivity index (χ1n) is 13.2. The lowest BCUT2D eigenvalue weighted by Crippen LogP contribution is -2.53. The van der Waals surface area contributed by atoms with Crippen molar-refractivity contribution in [2.45, 2.75) is 37.6 Å². The highest BCUT2D eigenvalue weighted by Crippen LogP contribution is 2.32. The van der Waals surface area contributed by atoms with E-state index in [9.17, 15) is 39.8 Å². The van der Waals surface area contributed by atoms with Gasteiger partial charge in [-0.05, 0) is 17.7 Å². The van der Waals surface area contributed by atoms with Gasteiger partial charge in [0, 0.05) is 52.9 Å². The summed E-state index contributed by atoms with van der Waals surface area (Å²) < 4.78 is 17.2. The summed E-state index contributed by atoms with van der Waals surface area (Å²) in [5.41, 5.74) is 0.156. The number of aromatic nitrogens is 3. The third-order valence-electron chi connectivity index (χ3n) is 6.85. The van der Waals surface area contributed by atoms with Gasteiger partial charge in [0.05, 0.1) is 16.4 Å². The number of anilines is 1. The van der Waals surface area contributed by atoms with E-state index in [2.05, 4.69) is 15.3 Å². The van der Waals surface area contributed by atoms with Crippen molar-refractivity contribution in [3.63, 3.8) is 0 Å². The smallest absolute Gasteiger partial charge is 0.409 e. The molecule has 0 unspecified atom stereocenters. The Morgan fingerprint density at radius 2 is 1.91 bits per heavy atom. The lowest BCUT2D eigenvalue weighted by molar-refractivity contribution is -0.386. The van der Waals surface area contributed by atoms with Gasteiger partial charge in [-0.15, -0.1) is 0 Å². The molecule has 0 saturated carbocycles. The number of aliphatic hydroxyl groups is 2. The van der Waals surface area contributed by atoms with Crippen LogP contribution in [0.5, 0.6) is 5.75 Å². The molecule has 1 saturated heterocycles. The number of fused-ring (bicyclic) bond motifs is 1. The number of aliphatic carboxylic acids is 1. The molecule has 4 atom stereocenters. The number of benzene rings is 1. The Morgan fingerprint density at radius 3 is 2.59 bits per heavy atom. The maximum absolute atomic E-state index is 13.0. The van der Waals surface area contributed by atoms with Crippen LogP contribution < -0.4 is 10.1 Å². The lowest BCUT2D eigenvalue weighted by atomic mass is 10.0. The maximum atomic E-state index is 13.0. The number of ether oxygens (including phenoxy) is 3. The van der Waals surface area contributed by atoms with E-state index < -0.39 is 47.3 Å². The molecule has 4 rings (SSSR count). The van der Waals surface area contributed by atoms with Crippen molar-refractivity contribution in [3.8, 4) is 5.75 Å². The highest BCUT2D eigenvalue weighted by molar-refractivity contribution is 5.94. The summed E-state index contributed by atoms with van der Waals surface area (Å²) in [4.78, 5) is 58.7. The fourth-order valence-electron chi connectivity index (χ4n) is 4.39. The van der Waals surface area contributed by atoms with E-state index in [0.29, 0.717) is 16.9 Å². The molecule has 18 nitrogen and oxygen atoms in total. The van der Waals surface area contributed by atoms with Crippen LogP contribution in [0, 0.1) is 10.1 Å². The minimum Gasteiger partial charge on any atom is -0.479 e. The van der Waals surface area contributed by atoms with Gasteiger partial charge in [-0.1, -0.05) is 6.07 Å². The number of amides is 2. The number of hydrogen-bond acceptors (Lipinski definition) is 13. The van der Waals surface area contributed by atoms with Gasteiger partial charge in [-0.3, -0.25) is 14.7 Å². The summed E-state index contributed by atoms with van der Waals surface area (Å²) in [7, 11) is 4.75. The molecule has 18 heteroatoms. The van der Waals surface area contributed by atoms with Crippen LogP contribution in [0.4, 0.5) is 21.1 Å². The van der Waals surface area contributed by atoms with E-state index in [0.717, 1.165) is 6.07 Å². The number of carboxylic acid groups (broad SMARTS) is 1. The molecule has 0 radical (unpaired) electrons. The average molecular weight is 618 g/mol. The van der Waals surface area contributed by atoms with Crippen LogP contribution >= 0.6 is 0 Å². The van der Waals surface area contributed by atoms with E-state index in [1.165, 1.54) is 39.9 Å². The largest absolute Gasteiger partial charge is 0.479 e. The zero-order valence-corrected chi connectivity index (χ0v) is 23.9. The van der Waals surface area contributed by atoms with Crippen LogP contribution in [0.25, 0.3) is 11.0 Å². The van der Waals surface area contributed by atoms with Crippen LogP contribution in [0.2, 0.25) is 0 Å². The Morgan fingerprint density at radius 1 is 1.18 bits per heavy atom. The van der Waals surface area contributed by atoms with Crippen LogP contribution in [-0.2, 0) is 20.9 Å². The topological polar surface area (TPSA) is 232 Å². The fraction of sp³-hybridized carbons (Fsp3) is 0.423. The molecule has 1 aliphatic heterocycles. The fourth-order valence-corrected chi connectivity index (χ4v) is 4.39. The van der Waals surface area contributed by atoms with Crippen molar-refractivity contribution < 1.29 is 48.8 Å². The number of carbonyl (C=O) groups excluding carboxylic acids is 2. The van der Waals surface area contributed by atoms with E-state index in [1.54, 1.807) is 26.4 Å². The SMILES string of the molecule is CNc1ncnc2c1ccn2C(=O)N(C)CCN(C)C(=O)OCc1ccc(O[C@H]2C[C@@H](O)[C@H](O)[C@@H](C(=O)O)O2)c([N+](=O)[O-])c1. The molecule has 2 aromatic heterocycles. The van der Waals surface area contributed by atoms with Gasteiger partial charge in [-0.2, -0.15) is 0 Å². The molecule has 0 aliphatic carbocycles. The number of hydrogen-bond donors (Lipinski definition) is 4. The van der Waals surface area contributed by atoms with Gasteiger partial charge in [0.15, 0.2) is 17.5 Å². The first kappa shape index (κ1) is 31.9. The number of nitro groups is 1. The predicted octanol–water partition coefficient (Wildman–Crippen LogP) is 0.850. The number of carboxylic acids is 1. The lowest BCUT2D eigenvalue weighted by Gasteiger charge is -2.34. The third kappa shape index (κ3) is 6.93. The number of nitrogens with one attached hydrogen (secondary N) is 1. The quantitative estimate of drug-likeness (QED) is 0.182. The number of nitro benzene ring substituents is 1. The Balaban J connectivity index is 1.32. The van der Waals surface area contributed by atoms with Gasteiger partial charge in [0.1, 0.15) is 24.9 Å². The summed E-state index contributed by atoms with van der Waals surface area (Å²) >= 11 is 0. The second-order valence-electron chi connectivity index (χ2n) is 9.87. The average Bonchev–Trinajstić information content (AvgIpc) is 3.44.